The lowest BCUT2D eigenvalue weighted by atomic mass is 10.1. The first-order valence-corrected chi connectivity index (χ1v) is 7.60. The van der Waals surface area contributed by atoms with Gasteiger partial charge in [0.2, 0.25) is 11.8 Å². The number of amides is 2. The number of methoxy groups -OCH3 is 1. The summed E-state index contributed by atoms with van der Waals surface area (Å²) < 4.78 is 18.1. The molecular weight excluding hydrogens is 317 g/mol. The fourth-order valence-corrected chi connectivity index (χ4v) is 2.49. The van der Waals surface area contributed by atoms with Gasteiger partial charge in [0.15, 0.2) is 0 Å². The maximum atomic E-state index is 13.5. The van der Waals surface area contributed by atoms with E-state index in [1.165, 1.54) is 13.2 Å². The largest absolute Gasteiger partial charge is 0.469 e. The Morgan fingerprint density at radius 1 is 1.42 bits per heavy atom. The summed E-state index contributed by atoms with van der Waals surface area (Å²) in [5.74, 6) is -1.57. The number of esters is 1. The Morgan fingerprint density at radius 2 is 2.17 bits per heavy atom. The number of hydrogen-bond acceptors (Lipinski definition) is 5. The minimum atomic E-state index is -0.745. The Hall–Kier alpha value is -2.48. The molecule has 1 heterocycles. The van der Waals surface area contributed by atoms with E-state index < -0.39 is 17.8 Å². The predicted molar refractivity (Wildman–Crippen MR) is 83.3 cm³/mol. The van der Waals surface area contributed by atoms with E-state index in [0.717, 1.165) is 0 Å². The molecule has 0 saturated carbocycles. The van der Waals surface area contributed by atoms with Crippen LogP contribution in [-0.4, -0.2) is 55.5 Å². The van der Waals surface area contributed by atoms with Gasteiger partial charge in [-0.15, -0.1) is 0 Å². The molecule has 0 bridgehead atoms. The van der Waals surface area contributed by atoms with Crippen molar-refractivity contribution in [2.24, 2.45) is 0 Å². The third-order valence-electron chi connectivity index (χ3n) is 3.81. The number of piperazine rings is 1. The molecule has 2 N–H and O–H groups in total. The van der Waals surface area contributed by atoms with Crippen LogP contribution in [0.4, 0.5) is 4.39 Å². The van der Waals surface area contributed by atoms with E-state index in [2.05, 4.69) is 15.4 Å². The normalized spacial score (nSPS) is 17.9. The van der Waals surface area contributed by atoms with Crippen molar-refractivity contribution >= 4 is 17.8 Å². The molecule has 1 aromatic rings. The molecule has 2 rings (SSSR count). The lowest BCUT2D eigenvalue weighted by Crippen LogP contribution is -2.57. The zero-order valence-electron chi connectivity index (χ0n) is 13.4. The maximum Gasteiger partial charge on any atom is 0.307 e. The van der Waals surface area contributed by atoms with Crippen LogP contribution in [0.2, 0.25) is 0 Å². The number of ether oxygens (including phenoxy) is 1. The quantitative estimate of drug-likeness (QED) is 0.703. The van der Waals surface area contributed by atoms with Gasteiger partial charge in [-0.25, -0.2) is 4.39 Å². The average molecular weight is 337 g/mol. The Kier molecular flexibility index (Phi) is 6.25. The Labute approximate surface area is 139 Å². The van der Waals surface area contributed by atoms with Crippen LogP contribution in [0.3, 0.4) is 0 Å². The molecule has 0 aliphatic carbocycles. The lowest BCUT2D eigenvalue weighted by molar-refractivity contribution is -0.146. The number of nitrogens with zero attached hydrogens (tertiary/aromatic N) is 1. The molecule has 0 radical (unpaired) electrons. The van der Waals surface area contributed by atoms with Crippen molar-refractivity contribution in [2.45, 2.75) is 19.0 Å². The summed E-state index contributed by atoms with van der Waals surface area (Å²) in [7, 11) is 1.24. The van der Waals surface area contributed by atoms with Gasteiger partial charge in [0.25, 0.3) is 0 Å². The van der Waals surface area contributed by atoms with Crippen LogP contribution in [0.25, 0.3) is 0 Å². The van der Waals surface area contributed by atoms with Crippen LogP contribution in [0.5, 0.6) is 0 Å². The van der Waals surface area contributed by atoms with Crippen molar-refractivity contribution in [1.29, 1.82) is 0 Å². The van der Waals surface area contributed by atoms with Gasteiger partial charge in [0.1, 0.15) is 11.9 Å². The van der Waals surface area contributed by atoms with E-state index >= 15 is 0 Å². The standard InChI is InChI=1S/C16H20FN3O4/c1-24-15(22)8-13-16(23)18-6-7-20(13)10-14(21)19-9-11-4-2-3-5-12(11)17/h2-5,13H,6-10H2,1H3,(H,18,23)(H,19,21). The molecule has 7 nitrogen and oxygen atoms in total. The average Bonchev–Trinajstić information content (AvgIpc) is 2.57. The summed E-state index contributed by atoms with van der Waals surface area (Å²) in [5.41, 5.74) is 0.383. The van der Waals surface area contributed by atoms with Gasteiger partial charge in [-0.3, -0.25) is 19.3 Å². The molecule has 0 aromatic heterocycles. The molecule has 1 aliphatic heterocycles. The first-order valence-electron chi connectivity index (χ1n) is 7.60. The van der Waals surface area contributed by atoms with Crippen molar-refractivity contribution in [3.05, 3.63) is 35.6 Å². The Balaban J connectivity index is 1.91. The van der Waals surface area contributed by atoms with Gasteiger partial charge in [-0.2, -0.15) is 0 Å². The van der Waals surface area contributed by atoms with Crippen LogP contribution < -0.4 is 10.6 Å². The number of halogens is 1. The summed E-state index contributed by atoms with van der Waals surface area (Å²) in [6.45, 7) is 0.856. The predicted octanol–water partition coefficient (Wildman–Crippen LogP) is -0.195. The van der Waals surface area contributed by atoms with Crippen molar-refractivity contribution in [3.63, 3.8) is 0 Å². The van der Waals surface area contributed by atoms with Crippen LogP contribution in [-0.2, 0) is 25.7 Å². The van der Waals surface area contributed by atoms with Crippen molar-refractivity contribution in [2.75, 3.05) is 26.7 Å². The van der Waals surface area contributed by atoms with E-state index in [-0.39, 0.29) is 31.3 Å². The smallest absolute Gasteiger partial charge is 0.307 e. The van der Waals surface area contributed by atoms with Crippen molar-refractivity contribution in [3.8, 4) is 0 Å². The van der Waals surface area contributed by atoms with Gasteiger partial charge in [0, 0.05) is 25.2 Å². The number of carbonyl (C=O) groups is 3. The second kappa shape index (κ2) is 8.39. The third-order valence-corrected chi connectivity index (χ3v) is 3.81. The molecule has 1 aliphatic rings. The van der Waals surface area contributed by atoms with E-state index in [9.17, 15) is 18.8 Å². The zero-order valence-corrected chi connectivity index (χ0v) is 13.4. The fourth-order valence-electron chi connectivity index (χ4n) is 2.49. The highest BCUT2D eigenvalue weighted by molar-refractivity contribution is 5.88. The number of benzene rings is 1. The first kappa shape index (κ1) is 17.9. The molecule has 8 heteroatoms. The molecule has 0 spiro atoms. The fraction of sp³-hybridized carbons (Fsp3) is 0.438. The molecule has 24 heavy (non-hydrogen) atoms. The van der Waals surface area contributed by atoms with Gasteiger partial charge in [0.05, 0.1) is 20.1 Å². The Morgan fingerprint density at radius 3 is 2.88 bits per heavy atom. The minimum Gasteiger partial charge on any atom is -0.469 e. The molecule has 1 saturated heterocycles. The molecule has 2 amide bonds. The molecule has 1 atom stereocenters. The van der Waals surface area contributed by atoms with Crippen LogP contribution >= 0.6 is 0 Å². The second-order valence-electron chi connectivity index (χ2n) is 5.43. The van der Waals surface area contributed by atoms with Gasteiger partial charge in [-0.1, -0.05) is 18.2 Å². The van der Waals surface area contributed by atoms with E-state index in [1.54, 1.807) is 23.1 Å². The highest BCUT2D eigenvalue weighted by Crippen LogP contribution is 2.10. The minimum absolute atomic E-state index is 0.0521. The van der Waals surface area contributed by atoms with Gasteiger partial charge >= 0.3 is 5.97 Å². The summed E-state index contributed by atoms with van der Waals surface area (Å²) in [5, 5.41) is 5.28. The summed E-state index contributed by atoms with van der Waals surface area (Å²) in [4.78, 5) is 37.1. The molecular formula is C16H20FN3O4. The summed E-state index contributed by atoms with van der Waals surface area (Å²) in [6, 6.07) is 5.42. The summed E-state index contributed by atoms with van der Waals surface area (Å²) in [6.07, 6.45) is -0.122. The van der Waals surface area contributed by atoms with Crippen LogP contribution in [0.1, 0.15) is 12.0 Å². The molecule has 1 fully saturated rings. The molecule has 130 valence electrons. The lowest BCUT2D eigenvalue weighted by Gasteiger charge is -2.33. The first-order chi connectivity index (χ1) is 11.5. The highest BCUT2D eigenvalue weighted by Gasteiger charge is 2.32. The monoisotopic (exact) mass is 337 g/mol. The molecule has 1 unspecified atom stereocenters. The number of carbonyl (C=O) groups excluding carboxylic acids is 3. The van der Waals surface area contributed by atoms with Crippen LogP contribution in [0, 0.1) is 5.82 Å². The summed E-state index contributed by atoms with van der Waals surface area (Å²) >= 11 is 0. The number of hydrogen-bond donors (Lipinski definition) is 2. The van der Waals surface area contributed by atoms with Crippen molar-refractivity contribution < 1.29 is 23.5 Å². The third kappa shape index (κ3) is 4.76. The van der Waals surface area contributed by atoms with E-state index in [1.807, 2.05) is 0 Å². The van der Waals surface area contributed by atoms with Gasteiger partial charge < -0.3 is 15.4 Å². The van der Waals surface area contributed by atoms with Crippen LogP contribution in [0.15, 0.2) is 24.3 Å². The van der Waals surface area contributed by atoms with E-state index in [4.69, 9.17) is 0 Å². The zero-order chi connectivity index (χ0) is 17.5. The SMILES string of the molecule is COC(=O)CC1C(=O)NCCN1CC(=O)NCc1ccccc1F. The number of rotatable bonds is 6. The number of nitrogens with one attached hydrogen (secondary N) is 2. The van der Waals surface area contributed by atoms with Crippen molar-refractivity contribution in [1.82, 2.24) is 15.5 Å². The highest BCUT2D eigenvalue weighted by atomic mass is 19.1. The maximum absolute atomic E-state index is 13.5. The molecule has 1 aromatic carbocycles. The van der Waals surface area contributed by atoms with E-state index in [0.29, 0.717) is 18.7 Å². The Bertz CT molecular complexity index is 623. The van der Waals surface area contributed by atoms with Gasteiger partial charge in [-0.05, 0) is 6.07 Å². The second-order valence-corrected chi connectivity index (χ2v) is 5.43. The topological polar surface area (TPSA) is 87.7 Å².